The van der Waals surface area contributed by atoms with Crippen LogP contribution in [0.1, 0.15) is 25.5 Å². The summed E-state index contributed by atoms with van der Waals surface area (Å²) < 4.78 is 0. The van der Waals surface area contributed by atoms with Crippen LogP contribution in [0.4, 0.5) is 5.69 Å². The lowest BCUT2D eigenvalue weighted by Gasteiger charge is -2.38. The van der Waals surface area contributed by atoms with Gasteiger partial charge < -0.3 is 14.8 Å². The number of H-pyrrole nitrogens is 1. The SMILES string of the molecule is C=CC(=O)N1CCCC(N(C)c2cc(-c3ccnc(CC)c3)c[nH]c2=O)C1. The summed E-state index contributed by atoms with van der Waals surface area (Å²) in [7, 11) is 1.92. The van der Waals surface area contributed by atoms with Crippen LogP contribution < -0.4 is 10.5 Å². The number of pyridine rings is 2. The maximum Gasteiger partial charge on any atom is 0.271 e. The summed E-state index contributed by atoms with van der Waals surface area (Å²) in [5.41, 5.74) is 3.47. The highest BCUT2D eigenvalue weighted by Gasteiger charge is 2.26. The number of carbonyl (C=O) groups excluding carboxylic acids is 1. The molecule has 1 amide bonds. The van der Waals surface area contributed by atoms with Gasteiger partial charge in [0.15, 0.2) is 0 Å². The van der Waals surface area contributed by atoms with E-state index in [9.17, 15) is 9.59 Å². The van der Waals surface area contributed by atoms with Crippen molar-refractivity contribution >= 4 is 11.6 Å². The van der Waals surface area contributed by atoms with Gasteiger partial charge in [-0.3, -0.25) is 14.6 Å². The number of hydrogen-bond donors (Lipinski definition) is 1. The van der Waals surface area contributed by atoms with Gasteiger partial charge >= 0.3 is 0 Å². The molecule has 1 N–H and O–H groups in total. The minimum atomic E-state index is -0.127. The standard InChI is InChI=1S/C21H26N4O2/c1-4-17-11-15(8-9-22-17)16-12-19(21(27)23-13-16)24(3)18-7-6-10-25(14-18)20(26)5-2/h5,8-9,11-13,18H,2,4,6-7,10,14H2,1,3H3,(H,23,27). The molecule has 0 radical (unpaired) electrons. The van der Waals surface area contributed by atoms with Crippen molar-refractivity contribution in [3.05, 3.63) is 59.3 Å². The topological polar surface area (TPSA) is 69.3 Å². The number of hydrogen-bond acceptors (Lipinski definition) is 4. The lowest BCUT2D eigenvalue weighted by atomic mass is 10.0. The molecule has 0 spiro atoms. The van der Waals surface area contributed by atoms with Gasteiger partial charge in [0.1, 0.15) is 5.69 Å². The molecule has 1 aliphatic rings. The Bertz CT molecular complexity index is 890. The zero-order valence-electron chi connectivity index (χ0n) is 15.9. The Balaban J connectivity index is 1.88. The van der Waals surface area contributed by atoms with Crippen molar-refractivity contribution in [2.24, 2.45) is 0 Å². The number of aromatic nitrogens is 2. The average Bonchev–Trinajstić information content (AvgIpc) is 2.73. The molecule has 0 aromatic carbocycles. The molecule has 0 aliphatic carbocycles. The minimum Gasteiger partial charge on any atom is -0.365 e. The van der Waals surface area contributed by atoms with Gasteiger partial charge in [-0.15, -0.1) is 0 Å². The molecule has 1 unspecified atom stereocenters. The summed E-state index contributed by atoms with van der Waals surface area (Å²) in [6, 6.07) is 6.01. The largest absolute Gasteiger partial charge is 0.365 e. The van der Waals surface area contributed by atoms with Gasteiger partial charge in [0.05, 0.1) is 0 Å². The monoisotopic (exact) mass is 366 g/mol. The molecule has 3 rings (SSSR count). The number of likely N-dealkylation sites (tertiary alicyclic amines) is 1. The van der Waals surface area contributed by atoms with Crippen LogP contribution in [0, 0.1) is 0 Å². The number of rotatable bonds is 5. The molecular weight excluding hydrogens is 340 g/mol. The van der Waals surface area contributed by atoms with Gasteiger partial charge in [0.2, 0.25) is 5.91 Å². The van der Waals surface area contributed by atoms with Gasteiger partial charge in [-0.2, -0.15) is 0 Å². The first kappa shape index (κ1) is 18.9. The molecule has 2 aromatic rings. The lowest BCUT2D eigenvalue weighted by molar-refractivity contribution is -0.127. The zero-order valence-corrected chi connectivity index (χ0v) is 15.9. The Kier molecular flexibility index (Phi) is 5.74. The number of nitrogens with zero attached hydrogens (tertiary/aromatic N) is 3. The Morgan fingerprint density at radius 1 is 1.44 bits per heavy atom. The van der Waals surface area contributed by atoms with E-state index >= 15 is 0 Å². The van der Waals surface area contributed by atoms with E-state index in [0.29, 0.717) is 12.2 Å². The normalized spacial score (nSPS) is 16.8. The summed E-state index contributed by atoms with van der Waals surface area (Å²) in [6.07, 6.45) is 7.60. The van der Waals surface area contributed by atoms with Crippen LogP contribution in [-0.4, -0.2) is 47.0 Å². The van der Waals surface area contributed by atoms with Crippen LogP contribution in [0.5, 0.6) is 0 Å². The van der Waals surface area contributed by atoms with E-state index < -0.39 is 0 Å². The van der Waals surface area contributed by atoms with Crippen molar-refractivity contribution in [1.29, 1.82) is 0 Å². The molecule has 1 fully saturated rings. The third-order valence-electron chi connectivity index (χ3n) is 5.21. The highest BCUT2D eigenvalue weighted by Crippen LogP contribution is 2.24. The molecule has 1 atom stereocenters. The van der Waals surface area contributed by atoms with Crippen molar-refractivity contribution < 1.29 is 4.79 Å². The second kappa shape index (κ2) is 8.20. The molecule has 6 heteroatoms. The van der Waals surface area contributed by atoms with E-state index in [1.807, 2.05) is 30.1 Å². The molecule has 1 saturated heterocycles. The number of carbonyl (C=O) groups is 1. The molecule has 142 valence electrons. The second-order valence-electron chi connectivity index (χ2n) is 6.89. The van der Waals surface area contributed by atoms with E-state index in [-0.39, 0.29) is 17.5 Å². The summed E-state index contributed by atoms with van der Waals surface area (Å²) in [5, 5.41) is 0. The summed E-state index contributed by atoms with van der Waals surface area (Å²) in [4.78, 5) is 35.4. The Hall–Kier alpha value is -2.89. The molecule has 3 heterocycles. The Morgan fingerprint density at radius 3 is 3.00 bits per heavy atom. The second-order valence-corrected chi connectivity index (χ2v) is 6.89. The predicted molar refractivity (Wildman–Crippen MR) is 108 cm³/mol. The Labute approximate surface area is 159 Å². The van der Waals surface area contributed by atoms with Gasteiger partial charge in [0.25, 0.3) is 5.56 Å². The van der Waals surface area contributed by atoms with Crippen molar-refractivity contribution in [2.45, 2.75) is 32.2 Å². The van der Waals surface area contributed by atoms with E-state index in [1.165, 1.54) is 6.08 Å². The van der Waals surface area contributed by atoms with Gasteiger partial charge in [-0.25, -0.2) is 0 Å². The quantitative estimate of drug-likeness (QED) is 0.826. The highest BCUT2D eigenvalue weighted by atomic mass is 16.2. The van der Waals surface area contributed by atoms with Crippen molar-refractivity contribution in [3.63, 3.8) is 0 Å². The van der Waals surface area contributed by atoms with Crippen molar-refractivity contribution in [3.8, 4) is 11.1 Å². The van der Waals surface area contributed by atoms with Crippen LogP contribution in [0.25, 0.3) is 11.1 Å². The molecule has 2 aromatic heterocycles. The van der Waals surface area contributed by atoms with E-state index in [0.717, 1.165) is 42.6 Å². The Morgan fingerprint density at radius 2 is 2.26 bits per heavy atom. The smallest absolute Gasteiger partial charge is 0.271 e. The molecular formula is C21H26N4O2. The van der Waals surface area contributed by atoms with Crippen LogP contribution in [0.15, 0.2) is 48.0 Å². The van der Waals surface area contributed by atoms with Crippen LogP contribution in [0.3, 0.4) is 0 Å². The fraction of sp³-hybridized carbons (Fsp3) is 0.381. The van der Waals surface area contributed by atoms with Gasteiger partial charge in [-0.05, 0) is 49.1 Å². The maximum atomic E-state index is 12.5. The first-order chi connectivity index (χ1) is 13.0. The van der Waals surface area contributed by atoms with Crippen LogP contribution in [0.2, 0.25) is 0 Å². The number of anilines is 1. The number of aryl methyl sites for hydroxylation is 1. The van der Waals surface area contributed by atoms with E-state index in [2.05, 4.69) is 23.5 Å². The zero-order chi connectivity index (χ0) is 19.4. The van der Waals surface area contributed by atoms with Crippen LogP contribution in [-0.2, 0) is 11.2 Å². The molecule has 6 nitrogen and oxygen atoms in total. The third kappa shape index (κ3) is 4.10. The molecule has 0 bridgehead atoms. The molecule has 1 aliphatic heterocycles. The fourth-order valence-electron chi connectivity index (χ4n) is 3.55. The predicted octanol–water partition coefficient (Wildman–Crippen LogP) is 2.61. The van der Waals surface area contributed by atoms with E-state index in [1.54, 1.807) is 17.3 Å². The van der Waals surface area contributed by atoms with Crippen molar-refractivity contribution in [1.82, 2.24) is 14.9 Å². The lowest BCUT2D eigenvalue weighted by Crippen LogP contribution is -2.49. The summed E-state index contributed by atoms with van der Waals surface area (Å²) in [5.74, 6) is -0.0559. The maximum absolute atomic E-state index is 12.5. The highest BCUT2D eigenvalue weighted by molar-refractivity contribution is 5.87. The number of amides is 1. The summed E-state index contributed by atoms with van der Waals surface area (Å²) >= 11 is 0. The van der Waals surface area contributed by atoms with Gasteiger partial charge in [0, 0.05) is 49.8 Å². The van der Waals surface area contributed by atoms with Gasteiger partial charge in [-0.1, -0.05) is 13.5 Å². The minimum absolute atomic E-state index is 0.0559. The van der Waals surface area contributed by atoms with Crippen LogP contribution >= 0.6 is 0 Å². The number of likely N-dealkylation sites (N-methyl/N-ethyl adjacent to an activating group) is 1. The third-order valence-corrected chi connectivity index (χ3v) is 5.21. The average molecular weight is 366 g/mol. The fourth-order valence-corrected chi connectivity index (χ4v) is 3.55. The molecule has 27 heavy (non-hydrogen) atoms. The molecule has 0 saturated carbocycles. The van der Waals surface area contributed by atoms with Crippen molar-refractivity contribution in [2.75, 3.05) is 25.0 Å². The van der Waals surface area contributed by atoms with E-state index in [4.69, 9.17) is 0 Å². The number of piperidine rings is 1. The first-order valence-electron chi connectivity index (χ1n) is 9.35. The first-order valence-corrected chi connectivity index (χ1v) is 9.35. The number of aromatic amines is 1. The summed E-state index contributed by atoms with van der Waals surface area (Å²) in [6.45, 7) is 6.98. The number of nitrogens with one attached hydrogen (secondary N) is 1.